The lowest BCUT2D eigenvalue weighted by Gasteiger charge is -2.41. The summed E-state index contributed by atoms with van der Waals surface area (Å²) < 4.78 is 41.1. The molecule has 1 spiro atoms. The highest BCUT2D eigenvalue weighted by Crippen LogP contribution is 2.37. The Bertz CT molecular complexity index is 1760. The molecular weight excluding hydrogens is 627 g/mol. The van der Waals surface area contributed by atoms with E-state index in [0.717, 1.165) is 87.0 Å². The number of nitrogens with one attached hydrogen (secondary N) is 1. The second-order valence-corrected chi connectivity index (χ2v) is 15.3. The first-order valence-corrected chi connectivity index (χ1v) is 19.0. The van der Waals surface area contributed by atoms with Gasteiger partial charge in [-0.1, -0.05) is 61.3 Å². The Balaban J connectivity index is 1.27. The minimum atomic E-state index is -3.98. The number of sulfonamides is 1. The van der Waals surface area contributed by atoms with Crippen LogP contribution < -0.4 is 4.72 Å². The fraction of sp³-hybridized carbons (Fsp3) is 0.541. The number of aromatic nitrogens is 1. The molecule has 1 N–H and O–H groups in total. The Morgan fingerprint density at radius 2 is 1.90 bits per heavy atom. The zero-order valence-corrected chi connectivity index (χ0v) is 29.6. The third kappa shape index (κ3) is 7.17. The first-order valence-electron chi connectivity index (χ1n) is 17.5. The molecule has 0 bridgehead atoms. The van der Waals surface area contributed by atoms with Crippen molar-refractivity contribution in [3.8, 4) is 11.1 Å². The van der Waals surface area contributed by atoms with Crippen LogP contribution in [-0.4, -0.2) is 66.9 Å². The summed E-state index contributed by atoms with van der Waals surface area (Å²) in [5.41, 5.74) is 3.81. The molecule has 0 unspecified atom stereocenters. The number of anilines is 1. The van der Waals surface area contributed by atoms with Gasteiger partial charge in [0, 0.05) is 56.3 Å². The summed E-state index contributed by atoms with van der Waals surface area (Å²) in [5.74, 6) is 2.40. The number of nitrogens with zero attached hydrogens (tertiary/aromatic N) is 4. The van der Waals surface area contributed by atoms with E-state index in [1.165, 1.54) is 0 Å². The average molecular weight is 676 g/mol. The van der Waals surface area contributed by atoms with Crippen LogP contribution in [0, 0.1) is 19.8 Å². The lowest BCUT2D eigenvalue weighted by atomic mass is 9.82. The number of amides is 1. The van der Waals surface area contributed by atoms with Crippen molar-refractivity contribution in [3.05, 3.63) is 64.9 Å². The molecule has 3 aromatic rings. The highest BCUT2D eigenvalue weighted by molar-refractivity contribution is 7.92. The van der Waals surface area contributed by atoms with E-state index in [-0.39, 0.29) is 22.2 Å². The lowest BCUT2D eigenvalue weighted by molar-refractivity contribution is -0.140. The van der Waals surface area contributed by atoms with Crippen molar-refractivity contribution in [2.24, 2.45) is 10.9 Å². The van der Waals surface area contributed by atoms with Crippen molar-refractivity contribution in [2.75, 3.05) is 31.0 Å². The van der Waals surface area contributed by atoms with Crippen LogP contribution in [0.25, 0.3) is 11.1 Å². The molecular formula is C37H49N5O5S. The van der Waals surface area contributed by atoms with Gasteiger partial charge in [0.2, 0.25) is 5.91 Å². The average Bonchev–Trinajstić information content (AvgIpc) is 3.54. The molecule has 48 heavy (non-hydrogen) atoms. The van der Waals surface area contributed by atoms with Crippen LogP contribution in [0.3, 0.4) is 0 Å². The number of piperidine rings is 1. The number of rotatable bonds is 13. The quantitative estimate of drug-likeness (QED) is 0.210. The number of hydrogen-bond acceptors (Lipinski definition) is 8. The lowest BCUT2D eigenvalue weighted by Crippen LogP contribution is -2.53. The molecule has 3 aliphatic rings. The first kappa shape index (κ1) is 34.2. The van der Waals surface area contributed by atoms with E-state index >= 15 is 0 Å². The van der Waals surface area contributed by atoms with Crippen molar-refractivity contribution < 1.29 is 22.5 Å². The number of aliphatic imine (C=N–C) groups is 1. The number of carbonyl (C=O) groups is 1. The minimum absolute atomic E-state index is 0.157. The monoisotopic (exact) mass is 675 g/mol. The number of benzene rings is 2. The van der Waals surface area contributed by atoms with Crippen molar-refractivity contribution >= 4 is 27.6 Å². The van der Waals surface area contributed by atoms with Crippen LogP contribution >= 0.6 is 0 Å². The number of aryl methyl sites for hydroxylation is 1. The van der Waals surface area contributed by atoms with Gasteiger partial charge in [0.25, 0.3) is 10.0 Å². The molecule has 1 aliphatic carbocycles. The maximum Gasteiger partial charge on any atom is 0.263 e. The number of hydrogen-bond donors (Lipinski definition) is 1. The van der Waals surface area contributed by atoms with Crippen molar-refractivity contribution in [2.45, 2.75) is 103 Å². The van der Waals surface area contributed by atoms with E-state index in [1.54, 1.807) is 26.0 Å². The third-order valence-electron chi connectivity index (χ3n) is 10.2. The normalized spacial score (nSPS) is 19.9. The molecule has 1 aromatic heterocycles. The van der Waals surface area contributed by atoms with Crippen molar-refractivity contribution in [1.29, 1.82) is 0 Å². The van der Waals surface area contributed by atoms with E-state index in [2.05, 4.69) is 38.7 Å². The third-order valence-corrected chi connectivity index (χ3v) is 11.5. The number of ether oxygens (including phenoxy) is 1. The fourth-order valence-electron chi connectivity index (χ4n) is 7.14. The molecule has 3 heterocycles. The van der Waals surface area contributed by atoms with Gasteiger partial charge < -0.3 is 19.1 Å². The Morgan fingerprint density at radius 1 is 1.08 bits per heavy atom. The van der Waals surface area contributed by atoms with Crippen LogP contribution in [0.2, 0.25) is 0 Å². The minimum Gasteiger partial charge on any atom is -0.377 e. The fourth-order valence-corrected chi connectivity index (χ4v) is 8.42. The van der Waals surface area contributed by atoms with Gasteiger partial charge in [0.1, 0.15) is 11.6 Å². The Morgan fingerprint density at radius 3 is 2.60 bits per heavy atom. The molecule has 1 amide bonds. The van der Waals surface area contributed by atoms with Gasteiger partial charge in [-0.05, 0) is 75.6 Å². The second kappa shape index (κ2) is 14.4. The van der Waals surface area contributed by atoms with Gasteiger partial charge in [-0.2, -0.15) is 0 Å². The van der Waals surface area contributed by atoms with Gasteiger partial charge in [0.15, 0.2) is 5.82 Å². The van der Waals surface area contributed by atoms with Gasteiger partial charge in [-0.15, -0.1) is 0 Å². The zero-order valence-electron chi connectivity index (χ0n) is 28.8. The van der Waals surface area contributed by atoms with E-state index in [4.69, 9.17) is 14.3 Å². The summed E-state index contributed by atoms with van der Waals surface area (Å²) >= 11 is 0. The van der Waals surface area contributed by atoms with Gasteiger partial charge in [-0.3, -0.25) is 14.5 Å². The number of unbranched alkanes of at least 4 members (excludes halogenated alkanes) is 1. The van der Waals surface area contributed by atoms with Crippen LogP contribution in [-0.2, 0) is 32.7 Å². The molecule has 11 heteroatoms. The van der Waals surface area contributed by atoms with Crippen molar-refractivity contribution in [1.82, 2.24) is 15.0 Å². The van der Waals surface area contributed by atoms with Crippen LogP contribution in [0.5, 0.6) is 0 Å². The van der Waals surface area contributed by atoms with E-state index in [9.17, 15) is 13.2 Å². The molecule has 2 fully saturated rings. The molecule has 1 atom stereocenters. The molecule has 10 nitrogen and oxygen atoms in total. The van der Waals surface area contributed by atoms with Gasteiger partial charge in [-0.25, -0.2) is 8.42 Å². The van der Waals surface area contributed by atoms with Crippen molar-refractivity contribution in [3.63, 3.8) is 0 Å². The number of likely N-dealkylation sites (tertiary alicyclic amines) is 1. The summed E-state index contributed by atoms with van der Waals surface area (Å²) in [6.45, 7) is 11.6. The Hall–Kier alpha value is -3.70. The van der Waals surface area contributed by atoms with Crippen LogP contribution in [0.4, 0.5) is 5.82 Å². The summed E-state index contributed by atoms with van der Waals surface area (Å²) in [6.07, 6.45) is 8.25. The molecule has 1 saturated carbocycles. The Kier molecular flexibility index (Phi) is 10.3. The molecule has 0 radical (unpaired) electrons. The predicted molar refractivity (Wildman–Crippen MR) is 187 cm³/mol. The predicted octanol–water partition coefficient (Wildman–Crippen LogP) is 6.86. The standard InChI is InChI=1S/C37H49N5O5S/c1-5-7-16-34-38-37(19-11-20-41(24-37)36(43)29-12-10-13-29)25-42(34)22-28-17-18-31(30(21-28)23-46-6-2)32-14-8-9-15-33(32)48(44,45)40-35-26(3)27(4)47-39-35/h8-9,14-15,17-18,21,29H,5-7,10-13,16,19-20,22-25H2,1-4H3,(H,39,40)/t37-/m1/s1. The van der Waals surface area contributed by atoms with Gasteiger partial charge >= 0.3 is 0 Å². The molecule has 2 aliphatic heterocycles. The first-order chi connectivity index (χ1) is 23.1. The molecule has 6 rings (SSSR count). The Labute approximate surface area is 285 Å². The summed E-state index contributed by atoms with van der Waals surface area (Å²) in [6, 6.07) is 13.3. The number of amidine groups is 1. The number of carbonyl (C=O) groups excluding carboxylic acids is 1. The van der Waals surface area contributed by atoms with E-state index < -0.39 is 10.0 Å². The second-order valence-electron chi connectivity index (χ2n) is 13.6. The maximum absolute atomic E-state index is 13.7. The zero-order chi connectivity index (χ0) is 33.9. The van der Waals surface area contributed by atoms with Crippen LogP contribution in [0.15, 0.2) is 56.9 Å². The summed E-state index contributed by atoms with van der Waals surface area (Å²) in [4.78, 5) is 23.3. The molecule has 2 aromatic carbocycles. The highest BCUT2D eigenvalue weighted by Gasteiger charge is 2.44. The summed E-state index contributed by atoms with van der Waals surface area (Å²) in [7, 11) is -3.98. The smallest absolute Gasteiger partial charge is 0.263 e. The molecule has 1 saturated heterocycles. The topological polar surface area (TPSA) is 117 Å². The maximum atomic E-state index is 13.7. The molecule has 258 valence electrons. The summed E-state index contributed by atoms with van der Waals surface area (Å²) in [5, 5.41) is 3.91. The largest absolute Gasteiger partial charge is 0.377 e. The van der Waals surface area contributed by atoms with E-state index in [1.807, 2.05) is 25.1 Å². The van der Waals surface area contributed by atoms with Crippen LogP contribution in [0.1, 0.15) is 87.7 Å². The van der Waals surface area contributed by atoms with E-state index in [0.29, 0.717) is 49.1 Å². The highest BCUT2D eigenvalue weighted by atomic mass is 32.2. The SMILES string of the molecule is CCCCC1=N[C@@]2(CCCN(C(=O)C3CCC3)C2)CN1Cc1ccc(-c2ccccc2S(=O)(=O)Nc2noc(C)c2C)c(COCC)c1. The van der Waals surface area contributed by atoms with Gasteiger partial charge in [0.05, 0.1) is 17.0 Å².